The van der Waals surface area contributed by atoms with Crippen molar-refractivity contribution in [2.75, 3.05) is 0 Å². The van der Waals surface area contributed by atoms with Crippen molar-refractivity contribution in [2.45, 2.75) is 44.6 Å². The van der Waals surface area contributed by atoms with Gasteiger partial charge in [0.2, 0.25) is 0 Å². The van der Waals surface area contributed by atoms with Crippen LogP contribution in [0.1, 0.15) is 36.8 Å². The number of benzene rings is 2. The minimum Gasteiger partial charge on any atom is -0.504 e. The van der Waals surface area contributed by atoms with Gasteiger partial charge in [0.15, 0.2) is 11.5 Å². The standard InChI is InChI=1S/C19H22O3/c20-16-4-2-1-3-14-6-10-17(11-7-14)22-19-13-15(5-9-16)8-12-18(19)21/h6-8,10-13,16,20-21H,1-5,9H2/t16-/m0/s1. The van der Waals surface area contributed by atoms with Crippen molar-refractivity contribution in [3.05, 3.63) is 53.6 Å². The van der Waals surface area contributed by atoms with E-state index in [9.17, 15) is 10.2 Å². The lowest BCUT2D eigenvalue weighted by molar-refractivity contribution is 0.151. The van der Waals surface area contributed by atoms with Gasteiger partial charge in [-0.15, -0.1) is 0 Å². The monoisotopic (exact) mass is 298 g/mol. The van der Waals surface area contributed by atoms with Crippen molar-refractivity contribution in [3.63, 3.8) is 0 Å². The third kappa shape index (κ3) is 3.80. The van der Waals surface area contributed by atoms with Crippen LogP contribution in [0.15, 0.2) is 42.5 Å². The van der Waals surface area contributed by atoms with Gasteiger partial charge in [0.25, 0.3) is 0 Å². The lowest BCUT2D eigenvalue weighted by atomic mass is 10.0. The molecule has 0 radical (unpaired) electrons. The Hall–Kier alpha value is -2.00. The summed E-state index contributed by atoms with van der Waals surface area (Å²) >= 11 is 0. The quantitative estimate of drug-likeness (QED) is 0.766. The minimum absolute atomic E-state index is 0.137. The zero-order valence-corrected chi connectivity index (χ0v) is 12.7. The molecule has 3 heteroatoms. The van der Waals surface area contributed by atoms with Crippen LogP contribution in [0, 0.1) is 0 Å². The largest absolute Gasteiger partial charge is 0.504 e. The molecule has 0 fully saturated rings. The maximum absolute atomic E-state index is 10.1. The number of fused-ring (bicyclic) bond motifs is 8. The van der Waals surface area contributed by atoms with Crippen LogP contribution >= 0.6 is 0 Å². The molecule has 0 amide bonds. The number of aromatic hydroxyl groups is 1. The molecule has 0 unspecified atom stereocenters. The third-order valence-corrected chi connectivity index (χ3v) is 4.19. The van der Waals surface area contributed by atoms with Crippen LogP contribution in [0.3, 0.4) is 0 Å². The van der Waals surface area contributed by atoms with Crippen molar-refractivity contribution >= 4 is 0 Å². The summed E-state index contributed by atoms with van der Waals surface area (Å²) in [5, 5.41) is 20.0. The summed E-state index contributed by atoms with van der Waals surface area (Å²) in [6.45, 7) is 0. The molecule has 4 bridgehead atoms. The first-order chi connectivity index (χ1) is 10.7. The maximum Gasteiger partial charge on any atom is 0.169 e. The first kappa shape index (κ1) is 14.9. The number of aliphatic hydroxyl groups is 1. The van der Waals surface area contributed by atoms with Gasteiger partial charge < -0.3 is 14.9 Å². The molecule has 2 aliphatic rings. The lowest BCUT2D eigenvalue weighted by Gasteiger charge is -2.11. The normalized spacial score (nSPS) is 19.0. The van der Waals surface area contributed by atoms with Crippen LogP contribution in [-0.2, 0) is 12.8 Å². The Labute approximate surface area is 131 Å². The molecular weight excluding hydrogens is 276 g/mol. The second-order valence-corrected chi connectivity index (χ2v) is 5.99. The van der Waals surface area contributed by atoms with Gasteiger partial charge in [-0.1, -0.05) is 24.6 Å². The molecule has 0 aromatic heterocycles. The van der Waals surface area contributed by atoms with Crippen molar-refractivity contribution in [3.8, 4) is 17.2 Å². The first-order valence-electron chi connectivity index (χ1n) is 7.97. The number of aliphatic hydroxyl groups excluding tert-OH is 1. The van der Waals surface area contributed by atoms with Gasteiger partial charge in [0.1, 0.15) is 5.75 Å². The van der Waals surface area contributed by atoms with Gasteiger partial charge in [-0.05, 0) is 67.5 Å². The van der Waals surface area contributed by atoms with Crippen LogP contribution in [0.4, 0.5) is 0 Å². The average Bonchev–Trinajstić information content (AvgIpc) is 2.54. The van der Waals surface area contributed by atoms with E-state index < -0.39 is 0 Å². The molecule has 2 aromatic rings. The molecule has 4 rings (SSSR count). The Kier molecular flexibility index (Phi) is 4.64. The van der Waals surface area contributed by atoms with E-state index in [1.807, 2.05) is 24.3 Å². The number of rotatable bonds is 0. The fourth-order valence-corrected chi connectivity index (χ4v) is 2.83. The van der Waals surface area contributed by atoms with E-state index in [1.54, 1.807) is 6.07 Å². The van der Waals surface area contributed by atoms with Gasteiger partial charge in [-0.2, -0.15) is 0 Å². The summed E-state index contributed by atoms with van der Waals surface area (Å²) in [6, 6.07) is 13.4. The highest BCUT2D eigenvalue weighted by Crippen LogP contribution is 2.32. The number of aryl methyl sites for hydroxylation is 2. The van der Waals surface area contributed by atoms with Crippen LogP contribution in [0.2, 0.25) is 0 Å². The lowest BCUT2D eigenvalue weighted by Crippen LogP contribution is -2.08. The number of phenolic OH excluding ortho intramolecular Hbond substituents is 1. The molecule has 1 atom stereocenters. The molecule has 0 spiro atoms. The van der Waals surface area contributed by atoms with Crippen LogP contribution in [0.5, 0.6) is 17.2 Å². The Morgan fingerprint density at radius 3 is 2.45 bits per heavy atom. The fourth-order valence-electron chi connectivity index (χ4n) is 2.83. The summed E-state index contributed by atoms with van der Waals surface area (Å²) < 4.78 is 5.79. The zero-order chi connectivity index (χ0) is 15.4. The van der Waals surface area contributed by atoms with E-state index in [2.05, 4.69) is 12.1 Å². The van der Waals surface area contributed by atoms with Gasteiger partial charge >= 0.3 is 0 Å². The van der Waals surface area contributed by atoms with Crippen LogP contribution in [-0.4, -0.2) is 16.3 Å². The second-order valence-electron chi connectivity index (χ2n) is 5.99. The zero-order valence-electron chi connectivity index (χ0n) is 12.7. The van der Waals surface area contributed by atoms with Crippen molar-refractivity contribution in [2.24, 2.45) is 0 Å². The molecule has 2 heterocycles. The van der Waals surface area contributed by atoms with E-state index in [4.69, 9.17) is 4.74 Å². The van der Waals surface area contributed by atoms with E-state index in [0.717, 1.165) is 49.8 Å². The Morgan fingerprint density at radius 1 is 0.864 bits per heavy atom. The molecule has 0 aliphatic carbocycles. The molecule has 2 aromatic carbocycles. The summed E-state index contributed by atoms with van der Waals surface area (Å²) in [7, 11) is 0. The Balaban J connectivity index is 1.88. The summed E-state index contributed by atoms with van der Waals surface area (Å²) in [6.07, 6.45) is 5.27. The van der Waals surface area contributed by atoms with E-state index in [-0.39, 0.29) is 11.9 Å². The second kappa shape index (κ2) is 6.84. The number of hydrogen-bond acceptors (Lipinski definition) is 3. The van der Waals surface area contributed by atoms with Gasteiger partial charge in [-0.3, -0.25) is 0 Å². The highest BCUT2D eigenvalue weighted by atomic mass is 16.5. The topological polar surface area (TPSA) is 49.7 Å². The Morgan fingerprint density at radius 2 is 1.64 bits per heavy atom. The SMILES string of the molecule is Oc1ccc2cc1Oc1ccc(cc1)CCCC[C@H](O)CC2. The van der Waals surface area contributed by atoms with Gasteiger partial charge in [0.05, 0.1) is 6.10 Å². The van der Waals surface area contributed by atoms with Gasteiger partial charge in [0, 0.05) is 0 Å². The predicted octanol–water partition coefficient (Wildman–Crippen LogP) is 4.20. The predicted molar refractivity (Wildman–Crippen MR) is 86.5 cm³/mol. The molecule has 22 heavy (non-hydrogen) atoms. The number of ether oxygens (including phenoxy) is 1. The molecule has 2 N–H and O–H groups in total. The fraction of sp³-hybridized carbons (Fsp3) is 0.368. The van der Waals surface area contributed by atoms with Crippen LogP contribution < -0.4 is 4.74 Å². The Bertz CT molecular complexity index is 619. The van der Waals surface area contributed by atoms with E-state index in [0.29, 0.717) is 5.75 Å². The molecule has 0 saturated heterocycles. The number of phenols is 1. The maximum atomic E-state index is 10.1. The summed E-state index contributed by atoms with van der Waals surface area (Å²) in [5.74, 6) is 1.33. The van der Waals surface area contributed by atoms with Crippen LogP contribution in [0.25, 0.3) is 0 Å². The van der Waals surface area contributed by atoms with Crippen molar-refractivity contribution in [1.29, 1.82) is 0 Å². The summed E-state index contributed by atoms with van der Waals surface area (Å²) in [5.41, 5.74) is 2.34. The summed E-state index contributed by atoms with van der Waals surface area (Å²) in [4.78, 5) is 0. The smallest absolute Gasteiger partial charge is 0.169 e. The molecular formula is C19H22O3. The van der Waals surface area contributed by atoms with E-state index >= 15 is 0 Å². The minimum atomic E-state index is -0.259. The highest BCUT2D eigenvalue weighted by molar-refractivity contribution is 5.45. The highest BCUT2D eigenvalue weighted by Gasteiger charge is 2.10. The molecule has 0 saturated carbocycles. The molecule has 3 nitrogen and oxygen atoms in total. The average molecular weight is 298 g/mol. The number of hydrogen-bond donors (Lipinski definition) is 2. The van der Waals surface area contributed by atoms with Gasteiger partial charge in [-0.25, -0.2) is 0 Å². The van der Waals surface area contributed by atoms with E-state index in [1.165, 1.54) is 5.56 Å². The molecule has 2 aliphatic heterocycles. The van der Waals surface area contributed by atoms with Crippen molar-refractivity contribution < 1.29 is 14.9 Å². The van der Waals surface area contributed by atoms with Crippen molar-refractivity contribution in [1.82, 2.24) is 0 Å². The first-order valence-corrected chi connectivity index (χ1v) is 7.97. The third-order valence-electron chi connectivity index (χ3n) is 4.19. The molecule has 116 valence electrons.